The van der Waals surface area contributed by atoms with Gasteiger partial charge in [-0.2, -0.15) is 4.99 Å². The molecule has 2 aromatic rings. The molecule has 3 heterocycles. The number of aryl methyl sites for hydroxylation is 1. The van der Waals surface area contributed by atoms with Crippen molar-refractivity contribution in [3.8, 4) is 5.75 Å². The maximum atomic E-state index is 12.8. The molecule has 1 spiro atoms. The van der Waals surface area contributed by atoms with Gasteiger partial charge in [-0.1, -0.05) is 23.7 Å². The number of anilines is 2. The van der Waals surface area contributed by atoms with Gasteiger partial charge in [-0.25, -0.2) is 14.8 Å². The number of likely N-dealkylation sites (tertiary alicyclic amines) is 1. The summed E-state index contributed by atoms with van der Waals surface area (Å²) in [6, 6.07) is 7.08. The van der Waals surface area contributed by atoms with E-state index in [1.54, 1.807) is 12.1 Å². The largest absolute Gasteiger partial charge is 0.478 e. The number of aromatic nitrogens is 2. The number of hydrogen-bond donors (Lipinski definition) is 5. The Morgan fingerprint density at radius 3 is 2.46 bits per heavy atom. The number of nitrogens with zero attached hydrogens (tertiary/aromatic N) is 4. The van der Waals surface area contributed by atoms with E-state index in [2.05, 4.69) is 25.6 Å². The minimum absolute atomic E-state index is 0.0569. The maximum Gasteiger partial charge on any atom is 0.347 e. The number of hydrogen-bond acceptors (Lipinski definition) is 8. The number of rotatable bonds is 7. The van der Waals surface area contributed by atoms with E-state index in [9.17, 15) is 19.5 Å². The second kappa shape index (κ2) is 10.9. The third kappa shape index (κ3) is 6.48. The minimum Gasteiger partial charge on any atom is -0.478 e. The molecule has 0 aliphatic carbocycles. The summed E-state index contributed by atoms with van der Waals surface area (Å²) >= 11 is 5.85. The van der Waals surface area contributed by atoms with E-state index in [-0.39, 0.29) is 33.9 Å². The van der Waals surface area contributed by atoms with Crippen LogP contribution in [-0.2, 0) is 16.0 Å². The van der Waals surface area contributed by atoms with Gasteiger partial charge in [0.2, 0.25) is 5.91 Å². The number of aliphatic imine (C=N–C) groups is 1. The summed E-state index contributed by atoms with van der Waals surface area (Å²) in [7, 11) is 0. The lowest BCUT2D eigenvalue weighted by Crippen LogP contribution is -2.53. The number of guanidine groups is 1. The molecular formula is C25H31ClN8O5. The van der Waals surface area contributed by atoms with E-state index < -0.39 is 17.5 Å². The molecule has 1 aromatic heterocycles. The van der Waals surface area contributed by atoms with Gasteiger partial charge in [0.15, 0.2) is 34.0 Å². The summed E-state index contributed by atoms with van der Waals surface area (Å²) in [6.45, 7) is 4.66. The zero-order valence-corrected chi connectivity index (χ0v) is 22.4. The van der Waals surface area contributed by atoms with Crippen LogP contribution in [0.5, 0.6) is 5.75 Å². The fourth-order valence-electron chi connectivity index (χ4n) is 4.37. The molecule has 7 N–H and O–H groups in total. The van der Waals surface area contributed by atoms with Crippen LogP contribution < -0.4 is 26.8 Å². The second-order valence-electron chi connectivity index (χ2n) is 10.1. The Hall–Kier alpha value is -4.13. The third-order valence-electron chi connectivity index (χ3n) is 6.81. The van der Waals surface area contributed by atoms with E-state index in [0.717, 1.165) is 5.56 Å². The van der Waals surface area contributed by atoms with E-state index >= 15 is 0 Å². The van der Waals surface area contributed by atoms with Gasteiger partial charge in [0.1, 0.15) is 5.75 Å². The number of benzene rings is 1. The number of amides is 2. The Kier molecular flexibility index (Phi) is 7.82. The summed E-state index contributed by atoms with van der Waals surface area (Å²) in [4.78, 5) is 50.2. The summed E-state index contributed by atoms with van der Waals surface area (Å²) in [5, 5.41) is 15.5. The Balaban J connectivity index is 1.26. The van der Waals surface area contributed by atoms with Gasteiger partial charge in [0.05, 0.1) is 5.54 Å². The molecule has 13 nitrogen and oxygen atoms in total. The normalized spacial score (nSPS) is 17.5. The lowest BCUT2D eigenvalue weighted by Gasteiger charge is -2.38. The average molecular weight is 559 g/mol. The molecule has 2 fully saturated rings. The van der Waals surface area contributed by atoms with Crippen LogP contribution in [0.25, 0.3) is 0 Å². The fraction of sp³-hybridized carbons (Fsp3) is 0.440. The first kappa shape index (κ1) is 27.9. The summed E-state index contributed by atoms with van der Waals surface area (Å²) in [6.07, 6.45) is 2.27. The number of halogens is 1. The third-order valence-corrected chi connectivity index (χ3v) is 7.09. The summed E-state index contributed by atoms with van der Waals surface area (Å²) < 4.78 is 5.52. The Labute approximate surface area is 230 Å². The van der Waals surface area contributed by atoms with Gasteiger partial charge < -0.3 is 36.8 Å². The van der Waals surface area contributed by atoms with Crippen LogP contribution in [0.4, 0.5) is 11.6 Å². The highest BCUT2D eigenvalue weighted by Gasteiger charge is 2.40. The molecule has 4 rings (SSSR count). The van der Waals surface area contributed by atoms with Crippen LogP contribution in [0.2, 0.25) is 5.15 Å². The van der Waals surface area contributed by atoms with Crippen molar-refractivity contribution in [1.82, 2.24) is 25.5 Å². The SMILES string of the molecule is CC(C)(Oc1ccc(CCC(=O)N2CCC3(CC2)CN/C(=N\C(=O)c2nc(Cl)c(N)nc2N)N3)cc1)C(=O)O. The van der Waals surface area contributed by atoms with E-state index in [1.165, 1.54) is 13.8 Å². The highest BCUT2D eigenvalue weighted by Crippen LogP contribution is 2.26. The molecule has 0 atom stereocenters. The number of nitrogens with one attached hydrogen (secondary N) is 2. The first-order valence-corrected chi connectivity index (χ1v) is 12.8. The molecule has 2 aliphatic rings. The number of carboxylic acids is 1. The van der Waals surface area contributed by atoms with Crippen molar-refractivity contribution >= 4 is 47.0 Å². The molecule has 0 saturated carbocycles. The van der Waals surface area contributed by atoms with Crippen molar-refractivity contribution in [1.29, 1.82) is 0 Å². The van der Waals surface area contributed by atoms with Crippen LogP contribution in [0, 0.1) is 0 Å². The van der Waals surface area contributed by atoms with Crippen molar-refractivity contribution in [3.05, 3.63) is 40.7 Å². The Bertz CT molecular complexity index is 1310. The molecule has 2 amide bonds. The number of carboxylic acid groups (broad SMARTS) is 1. The summed E-state index contributed by atoms with van der Waals surface area (Å²) in [5.74, 6) is -1.17. The van der Waals surface area contributed by atoms with Crippen LogP contribution >= 0.6 is 11.6 Å². The molecule has 14 heteroatoms. The van der Waals surface area contributed by atoms with Crippen LogP contribution in [0.15, 0.2) is 29.3 Å². The first-order valence-electron chi connectivity index (χ1n) is 12.4. The van der Waals surface area contributed by atoms with Crippen molar-refractivity contribution < 1.29 is 24.2 Å². The monoisotopic (exact) mass is 558 g/mol. The smallest absolute Gasteiger partial charge is 0.347 e. The van der Waals surface area contributed by atoms with Gasteiger partial charge in [-0.3, -0.25) is 9.59 Å². The van der Waals surface area contributed by atoms with Crippen LogP contribution in [0.1, 0.15) is 49.2 Å². The van der Waals surface area contributed by atoms with Crippen LogP contribution in [0.3, 0.4) is 0 Å². The number of aliphatic carboxylic acids is 1. The molecule has 1 aromatic carbocycles. The number of piperidine rings is 1. The highest BCUT2D eigenvalue weighted by molar-refractivity contribution is 6.31. The van der Waals surface area contributed by atoms with Crippen LogP contribution in [-0.4, -0.2) is 74.5 Å². The van der Waals surface area contributed by atoms with Crippen molar-refractivity contribution in [2.24, 2.45) is 4.99 Å². The quantitative estimate of drug-likeness (QED) is 0.327. The number of carbonyl (C=O) groups excluding carboxylic acids is 2. The van der Waals surface area contributed by atoms with Gasteiger partial charge in [0, 0.05) is 26.1 Å². The number of ether oxygens (including phenoxy) is 1. The molecule has 0 unspecified atom stereocenters. The topological polar surface area (TPSA) is 198 Å². The maximum absolute atomic E-state index is 12.8. The second-order valence-corrected chi connectivity index (χ2v) is 10.5. The first-order chi connectivity index (χ1) is 18.4. The lowest BCUT2D eigenvalue weighted by molar-refractivity contribution is -0.152. The predicted molar refractivity (Wildman–Crippen MR) is 144 cm³/mol. The zero-order chi connectivity index (χ0) is 28.4. The van der Waals surface area contributed by atoms with Crippen molar-refractivity contribution in [3.63, 3.8) is 0 Å². The van der Waals surface area contributed by atoms with E-state index in [4.69, 9.17) is 27.8 Å². The lowest BCUT2D eigenvalue weighted by atomic mass is 9.88. The molecule has 2 saturated heterocycles. The average Bonchev–Trinajstić information content (AvgIpc) is 3.27. The Morgan fingerprint density at radius 2 is 1.82 bits per heavy atom. The standard InChI is InChI=1S/C25H31ClN8O5/c1-24(2,22(37)38)39-15-6-3-14(4-7-15)5-8-16(35)34-11-9-25(10-12-34)13-29-23(33-25)32-21(36)17-19(27)31-20(28)18(26)30-17/h3-4,6-7H,5,8-13H2,1-2H3,(H,37,38)(H4,27,28,31)(H2,29,32,33,36). The van der Waals surface area contributed by atoms with Gasteiger partial charge in [-0.05, 0) is 50.8 Å². The highest BCUT2D eigenvalue weighted by atomic mass is 35.5. The van der Waals surface area contributed by atoms with Gasteiger partial charge in [0.25, 0.3) is 0 Å². The molecule has 0 radical (unpaired) electrons. The van der Waals surface area contributed by atoms with Gasteiger partial charge in [-0.15, -0.1) is 0 Å². The van der Waals surface area contributed by atoms with Crippen molar-refractivity contribution in [2.45, 2.75) is 50.7 Å². The predicted octanol–water partition coefficient (Wildman–Crippen LogP) is 1.22. The Morgan fingerprint density at radius 1 is 1.15 bits per heavy atom. The van der Waals surface area contributed by atoms with Crippen molar-refractivity contribution in [2.75, 3.05) is 31.1 Å². The molecule has 39 heavy (non-hydrogen) atoms. The summed E-state index contributed by atoms with van der Waals surface area (Å²) in [5.41, 5.74) is 10.4. The van der Waals surface area contributed by atoms with E-state index in [1.807, 2.05) is 17.0 Å². The number of nitrogen functional groups attached to an aromatic ring is 2. The molecule has 2 aliphatic heterocycles. The minimum atomic E-state index is -1.33. The zero-order valence-electron chi connectivity index (χ0n) is 21.7. The molecular weight excluding hydrogens is 528 g/mol. The number of carbonyl (C=O) groups is 3. The molecule has 208 valence electrons. The fourth-order valence-corrected chi connectivity index (χ4v) is 4.50. The number of nitrogens with two attached hydrogens (primary N) is 2. The van der Waals surface area contributed by atoms with E-state index in [0.29, 0.717) is 57.0 Å². The van der Waals surface area contributed by atoms with Gasteiger partial charge >= 0.3 is 11.9 Å². The molecule has 0 bridgehead atoms.